The predicted octanol–water partition coefficient (Wildman–Crippen LogP) is 3.71. The second kappa shape index (κ2) is 8.85. The molecule has 0 radical (unpaired) electrons. The van der Waals surface area contributed by atoms with Gasteiger partial charge in [0.1, 0.15) is 9.88 Å². The van der Waals surface area contributed by atoms with Crippen molar-refractivity contribution in [3.63, 3.8) is 0 Å². The fourth-order valence-electron chi connectivity index (χ4n) is 2.35. The van der Waals surface area contributed by atoms with E-state index < -0.39 is 0 Å². The summed E-state index contributed by atoms with van der Waals surface area (Å²) >= 11 is 7.32. The summed E-state index contributed by atoms with van der Waals surface area (Å²) in [6, 6.07) is 7.72. The Hall–Kier alpha value is -0.850. The number of nitrogens with zero attached hydrogens (tertiary/aromatic N) is 1. The van der Waals surface area contributed by atoms with Crippen LogP contribution >= 0.6 is 47.8 Å². The predicted molar refractivity (Wildman–Crippen MR) is 101 cm³/mol. The Balaban J connectivity index is 0.00000132. The van der Waals surface area contributed by atoms with Crippen molar-refractivity contribution in [2.75, 3.05) is 13.1 Å². The molecule has 0 saturated carbocycles. The van der Waals surface area contributed by atoms with E-state index in [0.717, 1.165) is 35.8 Å². The summed E-state index contributed by atoms with van der Waals surface area (Å²) in [4.78, 5) is 17.5. The number of carbonyl (C=O) groups is 1. The lowest BCUT2D eigenvalue weighted by atomic mass is 10.2. The summed E-state index contributed by atoms with van der Waals surface area (Å²) in [5.41, 5.74) is 1.75. The average Bonchev–Trinajstić information content (AvgIpc) is 3.09. The highest BCUT2D eigenvalue weighted by Crippen LogP contribution is 2.28. The third-order valence-corrected chi connectivity index (χ3v) is 4.95. The number of rotatable bonds is 3. The molecule has 8 heteroatoms. The molecule has 4 nitrogen and oxygen atoms in total. The molecule has 1 saturated heterocycles. The van der Waals surface area contributed by atoms with Crippen LogP contribution in [-0.2, 0) is 0 Å². The van der Waals surface area contributed by atoms with Crippen LogP contribution in [0, 0.1) is 6.92 Å². The van der Waals surface area contributed by atoms with E-state index in [9.17, 15) is 4.79 Å². The van der Waals surface area contributed by atoms with E-state index in [0.29, 0.717) is 9.90 Å². The van der Waals surface area contributed by atoms with Crippen molar-refractivity contribution in [1.29, 1.82) is 0 Å². The van der Waals surface area contributed by atoms with Crippen LogP contribution in [0.1, 0.15) is 21.8 Å². The number of thiazole rings is 1. The number of halogens is 3. The zero-order valence-electron chi connectivity index (χ0n) is 12.5. The molecule has 126 valence electrons. The Labute approximate surface area is 156 Å². The molecule has 2 heterocycles. The number of nitrogens with one attached hydrogen (secondary N) is 2. The third-order valence-electron chi connectivity index (χ3n) is 3.49. The standard InChI is InChI=1S/C15H16ClN3OS.2ClH/c1-9-13(14(20)19-12-6-7-17-8-12)21-15(18-9)10-2-4-11(16)5-3-10;;/h2-5,12,17H,6-8H2,1H3,(H,19,20);2*1H. The molecule has 2 N–H and O–H groups in total. The lowest BCUT2D eigenvalue weighted by Gasteiger charge is -2.09. The first-order valence-electron chi connectivity index (χ1n) is 6.88. The Morgan fingerprint density at radius 3 is 2.65 bits per heavy atom. The molecule has 1 amide bonds. The third kappa shape index (κ3) is 4.81. The van der Waals surface area contributed by atoms with Gasteiger partial charge in [-0.1, -0.05) is 23.7 Å². The van der Waals surface area contributed by atoms with Crippen LogP contribution in [-0.4, -0.2) is 30.0 Å². The molecule has 3 rings (SSSR count). The molecule has 1 aliphatic rings. The first-order chi connectivity index (χ1) is 10.1. The van der Waals surface area contributed by atoms with Gasteiger partial charge in [0.15, 0.2) is 0 Å². The smallest absolute Gasteiger partial charge is 0.263 e. The molecule has 1 aromatic heterocycles. The van der Waals surface area contributed by atoms with E-state index in [4.69, 9.17) is 11.6 Å². The van der Waals surface area contributed by atoms with Gasteiger partial charge in [-0.25, -0.2) is 4.98 Å². The molecule has 2 aromatic rings. The number of carbonyl (C=O) groups excluding carboxylic acids is 1. The second-order valence-corrected chi connectivity index (χ2v) is 6.54. The molecule has 1 unspecified atom stereocenters. The number of amides is 1. The first-order valence-corrected chi connectivity index (χ1v) is 8.08. The van der Waals surface area contributed by atoms with Crippen LogP contribution in [0.15, 0.2) is 24.3 Å². The van der Waals surface area contributed by atoms with E-state index in [2.05, 4.69) is 15.6 Å². The average molecular weight is 395 g/mol. The maximum absolute atomic E-state index is 12.3. The number of hydrogen-bond donors (Lipinski definition) is 2. The van der Waals surface area contributed by atoms with Crippen molar-refractivity contribution in [1.82, 2.24) is 15.6 Å². The molecule has 1 atom stereocenters. The van der Waals surface area contributed by atoms with Crippen LogP contribution in [0.3, 0.4) is 0 Å². The summed E-state index contributed by atoms with van der Waals surface area (Å²) in [5.74, 6) is -0.0288. The minimum absolute atomic E-state index is 0. The molecule has 0 aliphatic carbocycles. The van der Waals surface area contributed by atoms with E-state index in [-0.39, 0.29) is 36.8 Å². The molecule has 1 aromatic carbocycles. The molecule has 1 aliphatic heterocycles. The Morgan fingerprint density at radius 2 is 2.04 bits per heavy atom. The Bertz CT molecular complexity index is 654. The molecule has 1 fully saturated rings. The number of aromatic nitrogens is 1. The van der Waals surface area contributed by atoms with Gasteiger partial charge in [0.05, 0.1) is 5.69 Å². The van der Waals surface area contributed by atoms with E-state index in [1.807, 2.05) is 31.2 Å². The highest BCUT2D eigenvalue weighted by Gasteiger charge is 2.21. The van der Waals surface area contributed by atoms with Gasteiger partial charge in [-0.05, 0) is 32.0 Å². The van der Waals surface area contributed by atoms with Gasteiger partial charge in [-0.3, -0.25) is 4.79 Å². The van der Waals surface area contributed by atoms with Gasteiger partial charge in [0.25, 0.3) is 5.91 Å². The number of hydrogen-bond acceptors (Lipinski definition) is 4. The van der Waals surface area contributed by atoms with Crippen molar-refractivity contribution < 1.29 is 4.79 Å². The van der Waals surface area contributed by atoms with Crippen molar-refractivity contribution in [2.24, 2.45) is 0 Å². The zero-order valence-corrected chi connectivity index (χ0v) is 15.7. The van der Waals surface area contributed by atoms with E-state index in [1.54, 1.807) is 0 Å². The van der Waals surface area contributed by atoms with Crippen LogP contribution in [0.5, 0.6) is 0 Å². The second-order valence-electron chi connectivity index (χ2n) is 5.10. The van der Waals surface area contributed by atoms with Gasteiger partial charge in [0.2, 0.25) is 0 Å². The Kier molecular flexibility index (Phi) is 7.77. The molecule has 23 heavy (non-hydrogen) atoms. The highest BCUT2D eigenvalue weighted by molar-refractivity contribution is 7.17. The van der Waals surface area contributed by atoms with Crippen LogP contribution in [0.4, 0.5) is 0 Å². The summed E-state index contributed by atoms with van der Waals surface area (Å²) in [7, 11) is 0. The lowest BCUT2D eigenvalue weighted by Crippen LogP contribution is -2.36. The maximum atomic E-state index is 12.3. The number of benzene rings is 1. The summed E-state index contributed by atoms with van der Waals surface area (Å²) in [6.07, 6.45) is 0.980. The minimum Gasteiger partial charge on any atom is -0.347 e. The van der Waals surface area contributed by atoms with Crippen molar-refractivity contribution in [3.8, 4) is 10.6 Å². The van der Waals surface area contributed by atoms with Crippen LogP contribution < -0.4 is 10.6 Å². The quantitative estimate of drug-likeness (QED) is 0.834. The summed E-state index contributed by atoms with van der Waals surface area (Å²) in [5, 5.41) is 7.84. The van der Waals surface area contributed by atoms with Crippen molar-refractivity contribution in [3.05, 3.63) is 39.9 Å². The van der Waals surface area contributed by atoms with Crippen molar-refractivity contribution >= 4 is 53.7 Å². The van der Waals surface area contributed by atoms with Gasteiger partial charge >= 0.3 is 0 Å². The molecular weight excluding hydrogens is 377 g/mol. The fourth-order valence-corrected chi connectivity index (χ4v) is 3.45. The minimum atomic E-state index is -0.0288. The molecular formula is C15H18Cl3N3OS. The maximum Gasteiger partial charge on any atom is 0.263 e. The molecule has 0 bridgehead atoms. The zero-order chi connectivity index (χ0) is 14.8. The summed E-state index contributed by atoms with van der Waals surface area (Å²) in [6.45, 7) is 3.67. The SMILES string of the molecule is Cc1nc(-c2ccc(Cl)cc2)sc1C(=O)NC1CCNC1.Cl.Cl. The summed E-state index contributed by atoms with van der Waals surface area (Å²) < 4.78 is 0. The monoisotopic (exact) mass is 393 g/mol. The first kappa shape index (κ1) is 20.2. The van der Waals surface area contributed by atoms with E-state index >= 15 is 0 Å². The van der Waals surface area contributed by atoms with Crippen molar-refractivity contribution in [2.45, 2.75) is 19.4 Å². The highest BCUT2D eigenvalue weighted by atomic mass is 35.5. The van der Waals surface area contributed by atoms with Gasteiger partial charge in [-0.2, -0.15) is 0 Å². The van der Waals surface area contributed by atoms with E-state index in [1.165, 1.54) is 11.3 Å². The largest absolute Gasteiger partial charge is 0.347 e. The fraction of sp³-hybridized carbons (Fsp3) is 0.333. The van der Waals surface area contributed by atoms with Crippen LogP contribution in [0.2, 0.25) is 5.02 Å². The Morgan fingerprint density at radius 1 is 1.35 bits per heavy atom. The van der Waals surface area contributed by atoms with Gasteiger partial charge in [-0.15, -0.1) is 36.2 Å². The van der Waals surface area contributed by atoms with Gasteiger partial charge < -0.3 is 10.6 Å². The topological polar surface area (TPSA) is 54.0 Å². The van der Waals surface area contributed by atoms with Crippen LogP contribution in [0.25, 0.3) is 10.6 Å². The lowest BCUT2D eigenvalue weighted by molar-refractivity contribution is 0.0943. The van der Waals surface area contributed by atoms with Gasteiger partial charge in [0, 0.05) is 23.2 Å². The number of aryl methyl sites for hydroxylation is 1. The normalized spacial score (nSPS) is 16.3. The molecule has 0 spiro atoms.